The van der Waals surface area contributed by atoms with Crippen molar-refractivity contribution in [3.63, 3.8) is 0 Å². The van der Waals surface area contributed by atoms with Gasteiger partial charge in [-0.1, -0.05) is 20.8 Å². The maximum atomic E-state index is 11.8. The first-order chi connectivity index (χ1) is 6.32. The Hall–Kier alpha value is -1.38. The molecule has 0 aliphatic carbocycles. The predicted molar refractivity (Wildman–Crippen MR) is 54.4 cm³/mol. The van der Waals surface area contributed by atoms with E-state index in [9.17, 15) is 9.90 Å². The van der Waals surface area contributed by atoms with Crippen LogP contribution in [-0.4, -0.2) is 15.9 Å². The topological polar surface area (TPSA) is 50.2 Å². The molecule has 0 amide bonds. The molecule has 0 bridgehead atoms. The van der Waals surface area contributed by atoms with Gasteiger partial charge in [0.15, 0.2) is 5.78 Å². The van der Waals surface area contributed by atoms with E-state index in [-0.39, 0.29) is 17.2 Å². The third-order valence-electron chi connectivity index (χ3n) is 1.91. The van der Waals surface area contributed by atoms with Crippen LogP contribution in [0.4, 0.5) is 0 Å². The number of hydrogen-bond donors (Lipinski definition) is 1. The summed E-state index contributed by atoms with van der Waals surface area (Å²) in [6.07, 6.45) is 0. The highest BCUT2D eigenvalue weighted by molar-refractivity contribution is 6.00. The van der Waals surface area contributed by atoms with Crippen molar-refractivity contribution in [2.24, 2.45) is 5.41 Å². The van der Waals surface area contributed by atoms with Crippen molar-refractivity contribution in [2.45, 2.75) is 27.7 Å². The smallest absolute Gasteiger partial charge is 0.190 e. The molecule has 0 unspecified atom stereocenters. The minimum Gasteiger partial charge on any atom is -0.506 e. The molecular weight excluding hydrogens is 178 g/mol. The van der Waals surface area contributed by atoms with Crippen molar-refractivity contribution in [2.75, 3.05) is 0 Å². The number of pyridine rings is 1. The van der Waals surface area contributed by atoms with Crippen LogP contribution in [0.25, 0.3) is 0 Å². The zero-order valence-electron chi connectivity index (χ0n) is 8.96. The minimum absolute atomic E-state index is 0.0458. The highest BCUT2D eigenvalue weighted by atomic mass is 16.3. The average molecular weight is 193 g/mol. The molecule has 0 aromatic carbocycles. The Morgan fingerprint density at radius 3 is 2.43 bits per heavy atom. The molecule has 1 heterocycles. The van der Waals surface area contributed by atoms with Gasteiger partial charge in [0.2, 0.25) is 0 Å². The normalized spacial score (nSPS) is 11.4. The first-order valence-corrected chi connectivity index (χ1v) is 4.54. The zero-order chi connectivity index (χ0) is 10.9. The summed E-state index contributed by atoms with van der Waals surface area (Å²) >= 11 is 0. The van der Waals surface area contributed by atoms with Gasteiger partial charge in [-0.05, 0) is 19.1 Å². The Morgan fingerprint density at radius 1 is 1.36 bits per heavy atom. The van der Waals surface area contributed by atoms with E-state index in [1.807, 2.05) is 0 Å². The number of aryl methyl sites for hydroxylation is 1. The molecule has 0 aliphatic rings. The lowest BCUT2D eigenvalue weighted by molar-refractivity contribution is 0.0849. The fourth-order valence-electron chi connectivity index (χ4n) is 1.07. The largest absolute Gasteiger partial charge is 0.506 e. The molecule has 14 heavy (non-hydrogen) atoms. The van der Waals surface area contributed by atoms with Gasteiger partial charge in [-0.3, -0.25) is 4.79 Å². The summed E-state index contributed by atoms with van der Waals surface area (Å²) in [5, 5.41) is 9.49. The van der Waals surface area contributed by atoms with Gasteiger partial charge in [-0.2, -0.15) is 0 Å². The molecule has 1 rings (SSSR count). The second kappa shape index (κ2) is 3.40. The van der Waals surface area contributed by atoms with Crippen molar-refractivity contribution in [1.29, 1.82) is 0 Å². The number of ketones is 1. The van der Waals surface area contributed by atoms with Crippen molar-refractivity contribution >= 4 is 5.78 Å². The van der Waals surface area contributed by atoms with Crippen LogP contribution in [0.5, 0.6) is 5.75 Å². The SMILES string of the molecule is Cc1ccc(O)c(C(=O)C(C)(C)C)n1. The summed E-state index contributed by atoms with van der Waals surface area (Å²) in [7, 11) is 0. The average Bonchev–Trinajstić information content (AvgIpc) is 2.06. The highest BCUT2D eigenvalue weighted by Gasteiger charge is 2.26. The lowest BCUT2D eigenvalue weighted by atomic mass is 9.88. The lowest BCUT2D eigenvalue weighted by Crippen LogP contribution is -2.21. The molecule has 1 aromatic rings. The second-order valence-corrected chi connectivity index (χ2v) is 4.40. The predicted octanol–water partition coefficient (Wildman–Crippen LogP) is 2.32. The molecule has 3 nitrogen and oxygen atoms in total. The van der Waals surface area contributed by atoms with E-state index in [0.717, 1.165) is 5.69 Å². The van der Waals surface area contributed by atoms with Gasteiger partial charge >= 0.3 is 0 Å². The molecule has 0 aliphatic heterocycles. The lowest BCUT2D eigenvalue weighted by Gasteiger charge is -2.16. The number of rotatable bonds is 1. The summed E-state index contributed by atoms with van der Waals surface area (Å²) in [5.41, 5.74) is 0.381. The van der Waals surface area contributed by atoms with E-state index in [4.69, 9.17) is 0 Å². The summed E-state index contributed by atoms with van der Waals surface area (Å²) in [6.45, 7) is 7.20. The van der Waals surface area contributed by atoms with Crippen molar-refractivity contribution < 1.29 is 9.90 Å². The molecule has 0 spiro atoms. The number of carbonyl (C=O) groups is 1. The molecule has 0 fully saturated rings. The maximum absolute atomic E-state index is 11.8. The van der Waals surface area contributed by atoms with E-state index < -0.39 is 5.41 Å². The fourth-order valence-corrected chi connectivity index (χ4v) is 1.07. The van der Waals surface area contributed by atoms with Crippen molar-refractivity contribution in [3.8, 4) is 5.75 Å². The Morgan fingerprint density at radius 2 is 1.93 bits per heavy atom. The maximum Gasteiger partial charge on any atom is 0.190 e. The number of aromatic hydroxyl groups is 1. The van der Waals surface area contributed by atoms with E-state index in [0.29, 0.717) is 0 Å². The molecule has 0 saturated carbocycles. The van der Waals surface area contributed by atoms with Gasteiger partial charge in [0, 0.05) is 11.1 Å². The first-order valence-electron chi connectivity index (χ1n) is 4.54. The molecule has 3 heteroatoms. The van der Waals surface area contributed by atoms with Crippen LogP contribution in [0.15, 0.2) is 12.1 Å². The highest BCUT2D eigenvalue weighted by Crippen LogP contribution is 2.25. The van der Waals surface area contributed by atoms with Crippen LogP contribution in [0.2, 0.25) is 0 Å². The summed E-state index contributed by atoms with van der Waals surface area (Å²) in [4.78, 5) is 15.9. The minimum atomic E-state index is -0.516. The number of hydrogen-bond acceptors (Lipinski definition) is 3. The van der Waals surface area contributed by atoms with Gasteiger partial charge in [-0.25, -0.2) is 4.98 Å². The number of Topliss-reactive ketones (excluding diaryl/α,β-unsaturated/α-hetero) is 1. The molecular formula is C11H15NO2. The monoisotopic (exact) mass is 193 g/mol. The van der Waals surface area contributed by atoms with Gasteiger partial charge in [-0.15, -0.1) is 0 Å². The van der Waals surface area contributed by atoms with Gasteiger partial charge < -0.3 is 5.11 Å². The van der Waals surface area contributed by atoms with E-state index in [1.165, 1.54) is 6.07 Å². The summed E-state index contributed by atoms with van der Waals surface area (Å²) in [5.74, 6) is -0.186. The summed E-state index contributed by atoms with van der Waals surface area (Å²) in [6, 6.07) is 3.18. The second-order valence-electron chi connectivity index (χ2n) is 4.40. The third kappa shape index (κ3) is 2.10. The van der Waals surface area contributed by atoms with Crippen molar-refractivity contribution in [1.82, 2.24) is 4.98 Å². The van der Waals surface area contributed by atoms with Crippen LogP contribution in [0.1, 0.15) is 37.0 Å². The molecule has 0 saturated heterocycles. The van der Waals surface area contributed by atoms with Gasteiger partial charge in [0.05, 0.1) is 0 Å². The third-order valence-corrected chi connectivity index (χ3v) is 1.91. The molecule has 76 valence electrons. The van der Waals surface area contributed by atoms with E-state index in [1.54, 1.807) is 33.8 Å². The number of carbonyl (C=O) groups excluding carboxylic acids is 1. The Labute approximate surface area is 83.8 Å². The molecule has 1 aromatic heterocycles. The van der Waals surface area contributed by atoms with Crippen LogP contribution < -0.4 is 0 Å². The van der Waals surface area contributed by atoms with Crippen LogP contribution >= 0.6 is 0 Å². The Kier molecular flexibility index (Phi) is 2.60. The van der Waals surface area contributed by atoms with E-state index >= 15 is 0 Å². The standard InChI is InChI=1S/C11H15NO2/c1-7-5-6-8(13)9(12-7)10(14)11(2,3)4/h5-6,13H,1-4H3. The Bertz CT molecular complexity index is 364. The zero-order valence-corrected chi connectivity index (χ0v) is 8.96. The molecule has 1 N–H and O–H groups in total. The number of nitrogens with zero attached hydrogens (tertiary/aromatic N) is 1. The van der Waals surface area contributed by atoms with Crippen LogP contribution in [-0.2, 0) is 0 Å². The first kappa shape index (κ1) is 10.7. The van der Waals surface area contributed by atoms with Crippen LogP contribution in [0.3, 0.4) is 0 Å². The fraction of sp³-hybridized carbons (Fsp3) is 0.455. The van der Waals surface area contributed by atoms with Gasteiger partial charge in [0.25, 0.3) is 0 Å². The summed E-state index contributed by atoms with van der Waals surface area (Å²) < 4.78 is 0. The van der Waals surface area contributed by atoms with E-state index in [2.05, 4.69) is 4.98 Å². The molecule has 0 radical (unpaired) electrons. The number of aromatic nitrogens is 1. The molecule has 0 atom stereocenters. The van der Waals surface area contributed by atoms with Crippen LogP contribution in [0, 0.1) is 12.3 Å². The van der Waals surface area contributed by atoms with Gasteiger partial charge in [0.1, 0.15) is 11.4 Å². The van der Waals surface area contributed by atoms with Crippen molar-refractivity contribution in [3.05, 3.63) is 23.5 Å². The quantitative estimate of drug-likeness (QED) is 0.696. The Balaban J connectivity index is 3.19.